The number of rotatable bonds is 8. The molecule has 0 aromatic heterocycles. The molecule has 3 aliphatic carbocycles. The highest BCUT2D eigenvalue weighted by atomic mass is 127. The molecule has 0 aromatic rings. The van der Waals surface area contributed by atoms with Gasteiger partial charge in [-0.15, -0.1) is 24.0 Å². The van der Waals surface area contributed by atoms with Crippen LogP contribution in [0.4, 0.5) is 0 Å². The van der Waals surface area contributed by atoms with Crippen LogP contribution in [0, 0.1) is 5.92 Å². The number of nitrogens with zero attached hydrogens (tertiary/aromatic N) is 2. The van der Waals surface area contributed by atoms with Crippen LogP contribution in [0.25, 0.3) is 0 Å². The molecule has 0 radical (unpaired) electrons. The molecule has 2 N–H and O–H groups in total. The molecule has 0 aliphatic heterocycles. The van der Waals surface area contributed by atoms with Crippen molar-refractivity contribution in [3.8, 4) is 0 Å². The van der Waals surface area contributed by atoms with Gasteiger partial charge in [-0.25, -0.2) is 0 Å². The average molecular weight is 434 g/mol. The van der Waals surface area contributed by atoms with E-state index in [4.69, 9.17) is 4.99 Å². The van der Waals surface area contributed by atoms with Crippen molar-refractivity contribution in [1.82, 2.24) is 15.5 Å². The molecule has 3 saturated carbocycles. The molecule has 0 bridgehead atoms. The number of hydrogen-bond donors (Lipinski definition) is 2. The quantitative estimate of drug-likeness (QED) is 0.350. The van der Waals surface area contributed by atoms with Crippen LogP contribution >= 0.6 is 24.0 Å². The molecule has 0 heterocycles. The van der Waals surface area contributed by atoms with E-state index in [9.17, 15) is 0 Å². The minimum Gasteiger partial charge on any atom is -0.357 e. The van der Waals surface area contributed by atoms with Crippen LogP contribution in [-0.4, -0.2) is 49.1 Å². The van der Waals surface area contributed by atoms with Gasteiger partial charge in [-0.2, -0.15) is 0 Å². The highest BCUT2D eigenvalue weighted by molar-refractivity contribution is 14.0. The van der Waals surface area contributed by atoms with Crippen LogP contribution in [0.3, 0.4) is 0 Å². The Morgan fingerprint density at radius 3 is 2.39 bits per heavy atom. The zero-order valence-corrected chi connectivity index (χ0v) is 17.1. The fourth-order valence-corrected chi connectivity index (χ4v) is 3.55. The van der Waals surface area contributed by atoms with E-state index in [-0.39, 0.29) is 24.0 Å². The molecule has 0 amide bonds. The molecule has 3 aliphatic rings. The van der Waals surface area contributed by atoms with Gasteiger partial charge < -0.3 is 10.6 Å². The maximum atomic E-state index is 4.84. The lowest BCUT2D eigenvalue weighted by Crippen LogP contribution is -2.44. The summed E-state index contributed by atoms with van der Waals surface area (Å²) >= 11 is 0. The van der Waals surface area contributed by atoms with E-state index in [0.717, 1.165) is 37.6 Å². The van der Waals surface area contributed by atoms with Crippen LogP contribution in [0.2, 0.25) is 0 Å². The van der Waals surface area contributed by atoms with Crippen molar-refractivity contribution in [3.05, 3.63) is 0 Å². The van der Waals surface area contributed by atoms with E-state index in [0.29, 0.717) is 6.04 Å². The van der Waals surface area contributed by atoms with E-state index in [2.05, 4.69) is 22.5 Å². The first-order valence-electron chi connectivity index (χ1n) is 9.64. The lowest BCUT2D eigenvalue weighted by molar-refractivity contribution is 0.260. The summed E-state index contributed by atoms with van der Waals surface area (Å²) in [7, 11) is 0. The topological polar surface area (TPSA) is 39.7 Å². The zero-order chi connectivity index (χ0) is 15.2. The van der Waals surface area contributed by atoms with Crippen molar-refractivity contribution in [3.63, 3.8) is 0 Å². The monoisotopic (exact) mass is 434 g/mol. The second kappa shape index (κ2) is 10.1. The van der Waals surface area contributed by atoms with Crippen molar-refractivity contribution in [2.45, 2.75) is 76.8 Å². The molecule has 134 valence electrons. The second-order valence-corrected chi connectivity index (χ2v) is 7.41. The molecule has 0 atom stereocenters. The average Bonchev–Trinajstić information content (AvgIpc) is 3.40. The van der Waals surface area contributed by atoms with Gasteiger partial charge >= 0.3 is 0 Å². The molecule has 5 heteroatoms. The van der Waals surface area contributed by atoms with Gasteiger partial charge in [0.1, 0.15) is 0 Å². The number of guanidine groups is 1. The van der Waals surface area contributed by atoms with Crippen LogP contribution < -0.4 is 10.6 Å². The van der Waals surface area contributed by atoms with Crippen LogP contribution in [0.5, 0.6) is 0 Å². The summed E-state index contributed by atoms with van der Waals surface area (Å²) in [5, 5.41) is 7.07. The van der Waals surface area contributed by atoms with E-state index in [1.54, 1.807) is 0 Å². The SMILES string of the molecule is CCNC(=NCCN(CC1CC1)C1CC1)NC1CCCCC1.I. The first kappa shape index (κ1) is 19.3. The number of nitrogens with one attached hydrogen (secondary N) is 2. The summed E-state index contributed by atoms with van der Waals surface area (Å²) in [6.07, 6.45) is 12.5. The van der Waals surface area contributed by atoms with E-state index in [1.807, 2.05) is 0 Å². The Labute approximate surface area is 159 Å². The normalized spacial score (nSPS) is 22.8. The Morgan fingerprint density at radius 2 is 1.78 bits per heavy atom. The molecule has 3 fully saturated rings. The summed E-state index contributed by atoms with van der Waals surface area (Å²) in [5.74, 6) is 2.04. The predicted molar refractivity (Wildman–Crippen MR) is 109 cm³/mol. The summed E-state index contributed by atoms with van der Waals surface area (Å²) in [6.45, 7) is 6.51. The Morgan fingerprint density at radius 1 is 1.04 bits per heavy atom. The van der Waals surface area contributed by atoms with Gasteiger partial charge in [0.2, 0.25) is 0 Å². The van der Waals surface area contributed by atoms with Crippen molar-refractivity contribution < 1.29 is 0 Å². The minimum atomic E-state index is 0. The van der Waals surface area contributed by atoms with Gasteiger partial charge in [-0.3, -0.25) is 9.89 Å². The van der Waals surface area contributed by atoms with Crippen LogP contribution in [0.1, 0.15) is 64.7 Å². The van der Waals surface area contributed by atoms with Gasteiger partial charge in [-0.1, -0.05) is 19.3 Å². The Bertz CT molecular complexity index is 360. The summed E-state index contributed by atoms with van der Waals surface area (Å²) in [5.41, 5.74) is 0. The molecule has 3 rings (SSSR count). The zero-order valence-electron chi connectivity index (χ0n) is 14.7. The standard InChI is InChI=1S/C18H34N4.HI/c1-2-19-18(21-16-6-4-3-5-7-16)20-12-13-22(17-10-11-17)14-15-8-9-15;/h15-17H,2-14H2,1H3,(H2,19,20,21);1H. The van der Waals surface area contributed by atoms with Gasteiger partial charge in [0.05, 0.1) is 6.54 Å². The van der Waals surface area contributed by atoms with Gasteiger partial charge in [0, 0.05) is 31.7 Å². The summed E-state index contributed by atoms with van der Waals surface area (Å²) in [6, 6.07) is 1.52. The lowest BCUT2D eigenvalue weighted by atomic mass is 9.96. The Hall–Kier alpha value is -0.0400. The Kier molecular flexibility index (Phi) is 8.44. The largest absolute Gasteiger partial charge is 0.357 e. The third-order valence-electron chi connectivity index (χ3n) is 5.20. The summed E-state index contributed by atoms with van der Waals surface area (Å²) < 4.78 is 0. The van der Waals surface area contributed by atoms with E-state index < -0.39 is 0 Å². The van der Waals surface area contributed by atoms with Crippen molar-refractivity contribution in [2.24, 2.45) is 10.9 Å². The number of hydrogen-bond acceptors (Lipinski definition) is 2. The first-order chi connectivity index (χ1) is 10.8. The Balaban J connectivity index is 0.00000192. The van der Waals surface area contributed by atoms with Crippen molar-refractivity contribution in [2.75, 3.05) is 26.2 Å². The molecule has 4 nitrogen and oxygen atoms in total. The number of halogens is 1. The maximum absolute atomic E-state index is 4.84. The second-order valence-electron chi connectivity index (χ2n) is 7.41. The summed E-state index contributed by atoms with van der Waals surface area (Å²) in [4.78, 5) is 7.54. The lowest BCUT2D eigenvalue weighted by Gasteiger charge is -2.25. The first-order valence-corrected chi connectivity index (χ1v) is 9.64. The predicted octanol–water partition coefficient (Wildman–Crippen LogP) is 3.37. The highest BCUT2D eigenvalue weighted by Gasteiger charge is 2.33. The van der Waals surface area contributed by atoms with Crippen molar-refractivity contribution >= 4 is 29.9 Å². The highest BCUT2D eigenvalue weighted by Crippen LogP contribution is 2.34. The minimum absolute atomic E-state index is 0. The fraction of sp³-hybridized carbons (Fsp3) is 0.944. The molecule has 23 heavy (non-hydrogen) atoms. The van der Waals surface area contributed by atoms with Crippen LogP contribution in [-0.2, 0) is 0 Å². The number of aliphatic imine (C=N–C) groups is 1. The van der Waals surface area contributed by atoms with E-state index >= 15 is 0 Å². The molecule has 0 saturated heterocycles. The fourth-order valence-electron chi connectivity index (χ4n) is 3.55. The smallest absolute Gasteiger partial charge is 0.191 e. The molecule has 0 unspecified atom stereocenters. The maximum Gasteiger partial charge on any atom is 0.191 e. The molecule has 0 spiro atoms. The third kappa shape index (κ3) is 7.16. The van der Waals surface area contributed by atoms with Crippen molar-refractivity contribution in [1.29, 1.82) is 0 Å². The van der Waals surface area contributed by atoms with E-state index in [1.165, 1.54) is 64.3 Å². The van der Waals surface area contributed by atoms with Crippen LogP contribution in [0.15, 0.2) is 4.99 Å². The molecular weight excluding hydrogens is 399 g/mol. The van der Waals surface area contributed by atoms with Gasteiger partial charge in [-0.05, 0) is 51.4 Å². The van der Waals surface area contributed by atoms with Gasteiger partial charge in [0.25, 0.3) is 0 Å². The third-order valence-corrected chi connectivity index (χ3v) is 5.20. The van der Waals surface area contributed by atoms with Gasteiger partial charge in [0.15, 0.2) is 5.96 Å². The molecular formula is C18H35IN4. The molecule has 0 aromatic carbocycles.